The number of aliphatic carboxylic acids is 1. The number of carbonyl (C=O) groups is 2. The number of nitrogens with one attached hydrogen (secondary N) is 1. The lowest BCUT2D eigenvalue weighted by Gasteiger charge is -2.27. The lowest BCUT2D eigenvalue weighted by molar-refractivity contribution is -0.143. The normalized spacial score (nSPS) is 20.1. The minimum Gasteiger partial charge on any atom is -0.481 e. The van der Waals surface area contributed by atoms with Crippen LogP contribution in [0.2, 0.25) is 0 Å². The van der Waals surface area contributed by atoms with E-state index < -0.39 is 11.9 Å². The molecular weight excluding hydrogens is 346 g/mol. The number of amides is 1. The van der Waals surface area contributed by atoms with E-state index in [4.69, 9.17) is 4.74 Å². The summed E-state index contributed by atoms with van der Waals surface area (Å²) in [4.78, 5) is 32.3. The standard InChI is InChI=1S/C20H23N3O4/c24-19(23-17-9-4-2-1-3-8-16(17)20(25)26)14-6-5-7-15(12-14)27-18-13-21-10-11-22-18/h5-7,10-13,16-17H,1-4,8-9H2,(H,23,24)(H,25,26). The molecular formula is C20H23N3O4. The first-order valence-electron chi connectivity index (χ1n) is 9.21. The third-order valence-corrected chi connectivity index (χ3v) is 4.76. The van der Waals surface area contributed by atoms with E-state index in [9.17, 15) is 14.7 Å². The van der Waals surface area contributed by atoms with Gasteiger partial charge in [0, 0.05) is 24.0 Å². The molecule has 7 heteroatoms. The van der Waals surface area contributed by atoms with Crippen molar-refractivity contribution in [2.45, 2.75) is 44.6 Å². The second kappa shape index (κ2) is 9.12. The zero-order valence-electron chi connectivity index (χ0n) is 15.0. The molecule has 0 bridgehead atoms. The zero-order valence-corrected chi connectivity index (χ0v) is 15.0. The number of benzene rings is 1. The van der Waals surface area contributed by atoms with Crippen molar-refractivity contribution in [1.29, 1.82) is 0 Å². The molecule has 2 unspecified atom stereocenters. The summed E-state index contributed by atoms with van der Waals surface area (Å²) in [5, 5.41) is 12.5. The number of hydrogen-bond acceptors (Lipinski definition) is 5. The maximum atomic E-state index is 12.7. The minimum atomic E-state index is -0.845. The van der Waals surface area contributed by atoms with Crippen LogP contribution in [0.5, 0.6) is 11.6 Å². The van der Waals surface area contributed by atoms with Crippen LogP contribution in [0.15, 0.2) is 42.9 Å². The van der Waals surface area contributed by atoms with Gasteiger partial charge in [0.1, 0.15) is 5.75 Å². The molecule has 1 aliphatic carbocycles. The van der Waals surface area contributed by atoms with E-state index in [0.717, 1.165) is 25.7 Å². The SMILES string of the molecule is O=C(NC1CCCCCCC1C(=O)O)c1cccc(Oc2cnccn2)c1. The molecule has 1 aromatic carbocycles. The number of carboxylic acids is 1. The van der Waals surface area contributed by atoms with Crippen molar-refractivity contribution < 1.29 is 19.4 Å². The first-order chi connectivity index (χ1) is 13.1. The van der Waals surface area contributed by atoms with Crippen LogP contribution in [0, 0.1) is 5.92 Å². The summed E-state index contributed by atoms with van der Waals surface area (Å²) in [6, 6.07) is 6.37. The van der Waals surface area contributed by atoms with E-state index in [1.807, 2.05) is 0 Å². The van der Waals surface area contributed by atoms with Gasteiger partial charge >= 0.3 is 5.97 Å². The second-order valence-electron chi connectivity index (χ2n) is 6.69. The first kappa shape index (κ1) is 18.8. The van der Waals surface area contributed by atoms with Crippen LogP contribution < -0.4 is 10.1 Å². The molecule has 1 aromatic heterocycles. The largest absolute Gasteiger partial charge is 0.481 e. The monoisotopic (exact) mass is 369 g/mol. The van der Waals surface area contributed by atoms with E-state index in [-0.39, 0.29) is 11.9 Å². The van der Waals surface area contributed by atoms with Gasteiger partial charge in [-0.3, -0.25) is 14.6 Å². The Morgan fingerprint density at radius 1 is 1.11 bits per heavy atom. The van der Waals surface area contributed by atoms with Gasteiger partial charge in [0.25, 0.3) is 5.91 Å². The van der Waals surface area contributed by atoms with E-state index >= 15 is 0 Å². The third kappa shape index (κ3) is 5.26. The summed E-state index contributed by atoms with van der Waals surface area (Å²) in [5.41, 5.74) is 0.419. The fourth-order valence-electron chi connectivity index (χ4n) is 3.36. The molecule has 0 radical (unpaired) electrons. The molecule has 2 N–H and O–H groups in total. The van der Waals surface area contributed by atoms with Crippen molar-refractivity contribution in [3.63, 3.8) is 0 Å². The Bertz CT molecular complexity index is 782. The predicted octanol–water partition coefficient (Wildman–Crippen LogP) is 3.42. The summed E-state index contributed by atoms with van der Waals surface area (Å²) in [6.45, 7) is 0. The Kier molecular flexibility index (Phi) is 6.35. The van der Waals surface area contributed by atoms with Crippen molar-refractivity contribution in [3.8, 4) is 11.6 Å². The third-order valence-electron chi connectivity index (χ3n) is 4.76. The topological polar surface area (TPSA) is 101 Å². The molecule has 1 fully saturated rings. The number of rotatable bonds is 5. The van der Waals surface area contributed by atoms with Gasteiger partial charge in [0.2, 0.25) is 5.88 Å². The van der Waals surface area contributed by atoms with Gasteiger partial charge in [0.15, 0.2) is 0 Å². The summed E-state index contributed by atoms with van der Waals surface area (Å²) < 4.78 is 5.61. The van der Waals surface area contributed by atoms with Gasteiger partial charge in [-0.1, -0.05) is 31.7 Å². The van der Waals surface area contributed by atoms with Crippen LogP contribution >= 0.6 is 0 Å². The number of aromatic nitrogens is 2. The highest BCUT2D eigenvalue weighted by atomic mass is 16.5. The van der Waals surface area contributed by atoms with Gasteiger partial charge in [-0.15, -0.1) is 0 Å². The van der Waals surface area contributed by atoms with Crippen LogP contribution in [0.4, 0.5) is 0 Å². The molecule has 1 amide bonds. The van der Waals surface area contributed by atoms with Crippen molar-refractivity contribution in [3.05, 3.63) is 48.4 Å². The van der Waals surface area contributed by atoms with Crippen LogP contribution in [0.3, 0.4) is 0 Å². The predicted molar refractivity (Wildman–Crippen MR) is 98.6 cm³/mol. The highest BCUT2D eigenvalue weighted by molar-refractivity contribution is 5.95. The van der Waals surface area contributed by atoms with Gasteiger partial charge in [-0.25, -0.2) is 4.98 Å². The Morgan fingerprint density at radius 2 is 1.93 bits per heavy atom. The average Bonchev–Trinajstić information content (AvgIpc) is 2.64. The van der Waals surface area contributed by atoms with E-state index in [1.54, 1.807) is 30.5 Å². The number of ether oxygens (including phenoxy) is 1. The highest BCUT2D eigenvalue weighted by Gasteiger charge is 2.30. The molecule has 0 spiro atoms. The van der Waals surface area contributed by atoms with Crippen LogP contribution in [0.25, 0.3) is 0 Å². The molecule has 7 nitrogen and oxygen atoms in total. The fraction of sp³-hybridized carbons (Fsp3) is 0.400. The van der Waals surface area contributed by atoms with Gasteiger partial charge in [-0.05, 0) is 31.0 Å². The number of hydrogen-bond donors (Lipinski definition) is 2. The smallest absolute Gasteiger partial charge is 0.308 e. The molecule has 142 valence electrons. The number of carboxylic acid groups (broad SMARTS) is 1. The second-order valence-corrected chi connectivity index (χ2v) is 6.69. The Labute approximate surface area is 157 Å². The molecule has 2 aromatic rings. The van der Waals surface area contributed by atoms with Gasteiger partial charge in [-0.2, -0.15) is 0 Å². The summed E-state index contributed by atoms with van der Waals surface area (Å²) in [5.74, 6) is -0.886. The summed E-state index contributed by atoms with van der Waals surface area (Å²) >= 11 is 0. The van der Waals surface area contributed by atoms with E-state index in [2.05, 4.69) is 15.3 Å². The minimum absolute atomic E-state index is 0.295. The maximum absolute atomic E-state index is 12.7. The molecule has 27 heavy (non-hydrogen) atoms. The lowest BCUT2D eigenvalue weighted by Crippen LogP contribution is -2.43. The van der Waals surface area contributed by atoms with Crippen molar-refractivity contribution >= 4 is 11.9 Å². The maximum Gasteiger partial charge on any atom is 0.308 e. The summed E-state index contributed by atoms with van der Waals surface area (Å²) in [7, 11) is 0. The van der Waals surface area contributed by atoms with Crippen molar-refractivity contribution in [2.24, 2.45) is 5.92 Å². The zero-order chi connectivity index (χ0) is 19.1. The fourth-order valence-corrected chi connectivity index (χ4v) is 3.36. The molecule has 0 aliphatic heterocycles. The van der Waals surface area contributed by atoms with Crippen LogP contribution in [-0.2, 0) is 4.79 Å². The first-order valence-corrected chi connectivity index (χ1v) is 9.21. The molecule has 1 heterocycles. The molecule has 0 saturated heterocycles. The van der Waals surface area contributed by atoms with Gasteiger partial charge < -0.3 is 15.2 Å². The molecule has 3 rings (SSSR count). The van der Waals surface area contributed by atoms with Crippen molar-refractivity contribution in [1.82, 2.24) is 15.3 Å². The lowest BCUT2D eigenvalue weighted by atomic mass is 9.86. The Hall–Kier alpha value is -2.96. The van der Waals surface area contributed by atoms with Gasteiger partial charge in [0.05, 0.1) is 12.1 Å². The summed E-state index contributed by atoms with van der Waals surface area (Å²) in [6.07, 6.45) is 9.74. The van der Waals surface area contributed by atoms with E-state index in [1.165, 1.54) is 12.4 Å². The van der Waals surface area contributed by atoms with Crippen LogP contribution in [-0.4, -0.2) is 33.0 Å². The highest BCUT2D eigenvalue weighted by Crippen LogP contribution is 2.24. The quantitative estimate of drug-likeness (QED) is 0.837. The molecule has 1 saturated carbocycles. The van der Waals surface area contributed by atoms with Crippen molar-refractivity contribution in [2.75, 3.05) is 0 Å². The number of carbonyl (C=O) groups excluding carboxylic acids is 1. The molecule has 2 atom stereocenters. The van der Waals surface area contributed by atoms with Crippen LogP contribution in [0.1, 0.15) is 48.9 Å². The Balaban J connectivity index is 1.70. The Morgan fingerprint density at radius 3 is 2.67 bits per heavy atom. The number of nitrogens with zero attached hydrogens (tertiary/aromatic N) is 2. The van der Waals surface area contributed by atoms with E-state index in [0.29, 0.717) is 30.0 Å². The molecule has 1 aliphatic rings. The average molecular weight is 369 g/mol.